The quantitative estimate of drug-likeness (QED) is 0.0205. The van der Waals surface area contributed by atoms with Gasteiger partial charge in [-0.1, -0.05) is 191 Å². The number of benzene rings is 8. The molecule has 0 saturated heterocycles. The number of primary amides is 4. The van der Waals surface area contributed by atoms with E-state index < -0.39 is 23.6 Å². The van der Waals surface area contributed by atoms with Crippen LogP contribution >= 0.6 is 23.2 Å². The van der Waals surface area contributed by atoms with Gasteiger partial charge in [-0.2, -0.15) is 34.3 Å². The van der Waals surface area contributed by atoms with Crippen LogP contribution in [0.3, 0.4) is 0 Å². The molecule has 138 heavy (non-hydrogen) atoms. The van der Waals surface area contributed by atoms with E-state index in [1.807, 2.05) is 197 Å². The number of hydrogen-bond donors (Lipinski definition) is 4. The summed E-state index contributed by atoms with van der Waals surface area (Å²) in [5.41, 5.74) is 45.9. The number of carbonyl (C=O) groups is 4. The molecule has 0 aromatic heterocycles. The molecule has 0 atom stereocenters. The first-order chi connectivity index (χ1) is 66.0. The number of carbonyl (C=O) groups excluding carboxylic acids is 4. The van der Waals surface area contributed by atoms with E-state index in [-0.39, 0.29) is 72.3 Å². The van der Waals surface area contributed by atoms with E-state index in [1.165, 1.54) is 36.8 Å². The van der Waals surface area contributed by atoms with E-state index in [1.54, 1.807) is 60.7 Å². The normalized spacial score (nSPS) is 11.6. The van der Waals surface area contributed by atoms with Gasteiger partial charge < -0.3 is 61.6 Å². The van der Waals surface area contributed by atoms with E-state index in [4.69, 9.17) is 84.8 Å². The molecule has 10 rings (SSSR count). The summed E-state index contributed by atoms with van der Waals surface area (Å²) in [6, 6.07) is 44.0. The van der Waals surface area contributed by atoms with E-state index in [2.05, 4.69) is 84.7 Å². The fourth-order valence-electron chi connectivity index (χ4n) is 11.9. The topological polar surface area (TPSA) is 463 Å². The Morgan fingerprint density at radius 3 is 0.754 bits per heavy atom. The second-order valence-electron chi connectivity index (χ2n) is 31.7. The van der Waals surface area contributed by atoms with Crippen molar-refractivity contribution in [2.24, 2.45) is 81.6 Å². The van der Waals surface area contributed by atoms with Gasteiger partial charge in [0.2, 0.25) is 69.5 Å². The SMILES string of the molecule is CC(C)=NOCc1c(C)cccc1C(N)=O.CC(C)=NOCc1c(Cl)cccc1C(N)=O.CC(C)=NOCc1c(N=S=O)cccc1C1CC1.CCC(C)=NOCc1c(C)cccc1C(N)=O.CCC(C)=NOCc1c(CC)cccc1N=S=O.CCC(C)=NOCc1c(Cl)cccc1C(N)=O.CCC(C)=NOCc1c(N=S=O)cccc1C1CC1.CCc1cccc(N=S=O)c1CON=C(C)C. The molecular weight excluding hydrogens is 1880 g/mol. The molecule has 2 aliphatic carbocycles. The minimum absolute atomic E-state index is 0.128. The van der Waals surface area contributed by atoms with Crippen LogP contribution in [0, 0.1) is 13.8 Å². The monoisotopic (exact) mass is 2010 g/mol. The molecule has 2 aliphatic rings. The molecule has 8 N–H and O–H groups in total. The van der Waals surface area contributed by atoms with Crippen molar-refractivity contribution in [3.63, 3.8) is 0 Å². The van der Waals surface area contributed by atoms with Crippen molar-refractivity contribution in [2.75, 3.05) is 0 Å². The van der Waals surface area contributed by atoms with Crippen LogP contribution in [0.5, 0.6) is 0 Å². The van der Waals surface area contributed by atoms with Crippen LogP contribution < -0.4 is 22.9 Å². The first-order valence-electron chi connectivity index (χ1n) is 44.6. The van der Waals surface area contributed by atoms with Crippen molar-refractivity contribution < 1.29 is 74.7 Å². The summed E-state index contributed by atoms with van der Waals surface area (Å²) >= 11 is 12.8. The van der Waals surface area contributed by atoms with Crippen molar-refractivity contribution in [1.82, 2.24) is 0 Å². The van der Waals surface area contributed by atoms with E-state index in [9.17, 15) is 36.0 Å². The molecule has 0 radical (unpaired) electrons. The molecule has 8 aromatic rings. The zero-order valence-corrected chi connectivity index (χ0v) is 87.1. The highest BCUT2D eigenvalue weighted by atomic mass is 35.5. The number of nitrogens with two attached hydrogens (primary N) is 4. The lowest BCUT2D eigenvalue weighted by atomic mass is 10.0. The Bertz CT molecular complexity index is 5660. The molecule has 8 aromatic carbocycles. The molecular formula is C100H130Cl2N16O16S4. The van der Waals surface area contributed by atoms with Crippen LogP contribution in [-0.4, -0.2) is 86.2 Å². The van der Waals surface area contributed by atoms with Crippen LogP contribution in [-0.2, 0) is 150 Å². The van der Waals surface area contributed by atoms with Gasteiger partial charge >= 0.3 is 0 Å². The first kappa shape index (κ1) is 119. The molecule has 38 heteroatoms. The van der Waals surface area contributed by atoms with Gasteiger partial charge in [-0.05, 0) is 267 Å². The van der Waals surface area contributed by atoms with Crippen LogP contribution in [0.25, 0.3) is 0 Å². The van der Waals surface area contributed by atoms with Gasteiger partial charge in [0.15, 0.2) is 0 Å². The molecule has 32 nitrogen and oxygen atoms in total. The van der Waals surface area contributed by atoms with Gasteiger partial charge in [0.25, 0.3) is 0 Å². The average Bonchev–Trinajstić information content (AvgIpc) is 1.67. The smallest absolute Gasteiger partial charge is 0.249 e. The Kier molecular flexibility index (Phi) is 58.4. The summed E-state index contributed by atoms with van der Waals surface area (Å²) in [6.07, 6.45) is 9.97. The molecule has 0 unspecified atom stereocenters. The number of halogens is 2. The third kappa shape index (κ3) is 45.5. The maximum Gasteiger partial charge on any atom is 0.249 e. The summed E-state index contributed by atoms with van der Waals surface area (Å²) in [7, 11) is 0. The largest absolute Gasteiger partial charge is 0.391 e. The molecule has 2 fully saturated rings. The maximum atomic E-state index is 11.3. The lowest BCUT2D eigenvalue weighted by Gasteiger charge is -2.10. The average molecular weight is 2010 g/mol. The number of rotatable bonds is 40. The van der Waals surface area contributed by atoms with Crippen molar-refractivity contribution in [3.8, 4) is 0 Å². The van der Waals surface area contributed by atoms with Crippen LogP contribution in [0.4, 0.5) is 22.7 Å². The molecule has 0 spiro atoms. The highest BCUT2D eigenvalue weighted by molar-refractivity contribution is 7.55. The highest BCUT2D eigenvalue weighted by Crippen LogP contribution is 2.45. The third-order valence-electron chi connectivity index (χ3n) is 19.9. The van der Waals surface area contributed by atoms with Crippen molar-refractivity contribution in [2.45, 2.75) is 267 Å². The van der Waals surface area contributed by atoms with Crippen LogP contribution in [0.15, 0.2) is 204 Å². The predicted octanol–water partition coefficient (Wildman–Crippen LogP) is 23.7. The number of hydrogen-bond acceptors (Lipinski definition) is 28. The Labute approximate surface area is 835 Å². The minimum atomic E-state index is -0.529. The second-order valence-corrected chi connectivity index (χ2v) is 33.8. The van der Waals surface area contributed by atoms with Gasteiger partial charge in [-0.15, -0.1) is 0 Å². The summed E-state index contributed by atoms with van der Waals surface area (Å²) in [4.78, 5) is 86.6. The summed E-state index contributed by atoms with van der Waals surface area (Å²) in [5, 5.41) is 32.2. The fraction of sp³-hybridized carbons (Fsp3) is 0.400. The number of amides is 4. The van der Waals surface area contributed by atoms with Crippen LogP contribution in [0.1, 0.15) is 307 Å². The number of oxime groups is 8. The van der Waals surface area contributed by atoms with Gasteiger partial charge in [-0.25, -0.2) is 0 Å². The predicted molar refractivity (Wildman–Crippen MR) is 556 cm³/mol. The lowest BCUT2D eigenvalue weighted by molar-refractivity contribution is 0.0980. The van der Waals surface area contributed by atoms with Gasteiger partial charge in [0.05, 0.1) is 68.4 Å². The number of aryl methyl sites for hydroxylation is 4. The Morgan fingerprint density at radius 2 is 0.514 bits per heavy atom. The first-order valence-corrected chi connectivity index (χ1v) is 48.1. The Morgan fingerprint density at radius 1 is 0.297 bits per heavy atom. The molecule has 744 valence electrons. The highest BCUT2D eigenvalue weighted by Gasteiger charge is 2.29. The van der Waals surface area contributed by atoms with Gasteiger partial charge in [0.1, 0.15) is 52.9 Å². The molecule has 0 heterocycles. The van der Waals surface area contributed by atoms with E-state index >= 15 is 0 Å². The van der Waals surface area contributed by atoms with Crippen LogP contribution in [0.2, 0.25) is 10.0 Å². The summed E-state index contributed by atoms with van der Waals surface area (Å²) in [5.74, 6) is -0.743. The summed E-state index contributed by atoms with van der Waals surface area (Å²) in [6.45, 7) is 40.6. The molecule has 0 bridgehead atoms. The second kappa shape index (κ2) is 67.5. The van der Waals surface area contributed by atoms with E-state index in [0.717, 1.165) is 140 Å². The minimum Gasteiger partial charge on any atom is -0.391 e. The van der Waals surface area contributed by atoms with Crippen molar-refractivity contribution in [1.29, 1.82) is 0 Å². The fourth-order valence-corrected chi connectivity index (χ4v) is 13.4. The van der Waals surface area contributed by atoms with Gasteiger partial charge in [0, 0.05) is 76.8 Å². The number of nitrogens with zero attached hydrogens (tertiary/aromatic N) is 12. The molecule has 2 saturated carbocycles. The zero-order valence-electron chi connectivity index (χ0n) is 82.3. The van der Waals surface area contributed by atoms with E-state index in [0.29, 0.717) is 104 Å². The maximum absolute atomic E-state index is 11.3. The lowest BCUT2D eigenvalue weighted by Crippen LogP contribution is -2.14. The third-order valence-corrected chi connectivity index (χ3v) is 21.7. The molecule has 0 aliphatic heterocycles. The Balaban J connectivity index is 0.000000406. The Hall–Kier alpha value is -12.7. The zero-order chi connectivity index (χ0) is 103. The standard InChI is InChI=1S/C14H18N2O2S.C13H16N2O2S.C13H18N2O2S.C13H18N2O2.C12H15ClN2O2.C12H16N2O2S.C12H16N2O2.C11H13ClN2O2/c1-3-10(2)15-18-9-13-12(11-7-8-11)5-4-6-14(13)16-19-17;1-9(2)14-17-8-12-11(10-6-7-10)4-3-5-13(12)15-18-16;1-4-10(3)14-17-9-12-11(5-2)7-6-8-13(12)15-18-16;1-4-10(3)15-17-8-12-9(2)6-5-7-11(12)13(14)16;1-3-8(2)15-17-7-10-9(12(14)16)5-4-6-11(10)13;1-4-10-6-5-7-12(14-17-15)11(10)8-16-13-9(2)3;1-8(2)14-16-7-11-9(3)5-4-6-10(11)12(13)15;1-7(2)14-16-6-9-8(11(13)15)4-3-5-10(9)12/h4-6,11H,3,7-9H2,1-2H3;3-5,10H,6-8H2,1-2H3;6-8H,4-5,9H2,1-3H3;5-7H,4,8H2,1-3H3,(H2,14,16);4-6H,3,7H2,1-2H3,(H2,14,16);5-7H,4,8H2,1-3H3;4-6H,7H2,1-3H3,(H2,13,15);3-5H,6H2,1-2H3,(H2,13,15). The van der Waals surface area contributed by atoms with Crippen molar-refractivity contribution in [3.05, 3.63) is 256 Å². The summed E-state index contributed by atoms with van der Waals surface area (Å²) < 4.78 is 57.9. The van der Waals surface area contributed by atoms with Gasteiger partial charge in [-0.3, -0.25) is 19.2 Å². The van der Waals surface area contributed by atoms with Crippen molar-refractivity contribution >= 4 is 161 Å². The molecule has 4 amide bonds.